The zero-order valence-electron chi connectivity index (χ0n) is 8.12. The molecular weight excluding hydrogens is 182 g/mol. The van der Waals surface area contributed by atoms with E-state index in [2.05, 4.69) is 12.1 Å². The van der Waals surface area contributed by atoms with Crippen LogP contribution in [0.5, 0.6) is 0 Å². The average molecular weight is 195 g/mol. The summed E-state index contributed by atoms with van der Waals surface area (Å²) in [5.74, 6) is -0.283. The molecule has 1 N–H and O–H groups in total. The Morgan fingerprint density at radius 3 is 2.79 bits per heavy atom. The van der Waals surface area contributed by atoms with E-state index in [1.165, 1.54) is 6.42 Å². The first-order chi connectivity index (χ1) is 6.68. The van der Waals surface area contributed by atoms with Crippen LogP contribution in [0.4, 0.5) is 0 Å². The van der Waals surface area contributed by atoms with Crippen LogP contribution in [-0.2, 0) is 5.41 Å². The SMILES string of the molecule is CCC1(c2cc(C(=O)O)no2)CCC1. The Labute approximate surface area is 81.9 Å². The minimum absolute atomic E-state index is 0.0136. The van der Waals surface area contributed by atoms with Crippen LogP contribution in [0.3, 0.4) is 0 Å². The Bertz CT molecular complexity index is 346. The van der Waals surface area contributed by atoms with Crippen molar-refractivity contribution in [3.8, 4) is 0 Å². The summed E-state index contributed by atoms with van der Waals surface area (Å²) in [6, 6.07) is 1.56. The third kappa shape index (κ3) is 1.22. The molecule has 0 amide bonds. The molecule has 2 rings (SSSR count). The van der Waals surface area contributed by atoms with Gasteiger partial charge in [0.25, 0.3) is 0 Å². The maximum atomic E-state index is 10.6. The molecule has 0 spiro atoms. The summed E-state index contributed by atoms with van der Waals surface area (Å²) < 4.78 is 5.09. The predicted octanol–water partition coefficient (Wildman–Crippen LogP) is 2.20. The monoisotopic (exact) mass is 195 g/mol. The number of carboxylic acids is 1. The Kier molecular flexibility index (Phi) is 2.06. The van der Waals surface area contributed by atoms with E-state index in [4.69, 9.17) is 9.63 Å². The van der Waals surface area contributed by atoms with Gasteiger partial charge in [0.05, 0.1) is 0 Å². The minimum Gasteiger partial charge on any atom is -0.476 e. The van der Waals surface area contributed by atoms with E-state index in [0.717, 1.165) is 25.0 Å². The van der Waals surface area contributed by atoms with Crippen LogP contribution in [-0.4, -0.2) is 16.2 Å². The maximum Gasteiger partial charge on any atom is 0.358 e. The number of nitrogens with zero attached hydrogens (tertiary/aromatic N) is 1. The van der Waals surface area contributed by atoms with Gasteiger partial charge >= 0.3 is 5.97 Å². The van der Waals surface area contributed by atoms with Crippen molar-refractivity contribution in [3.05, 3.63) is 17.5 Å². The van der Waals surface area contributed by atoms with Crippen LogP contribution in [0.15, 0.2) is 10.6 Å². The van der Waals surface area contributed by atoms with Gasteiger partial charge in [0, 0.05) is 11.5 Å². The molecule has 0 radical (unpaired) electrons. The largest absolute Gasteiger partial charge is 0.476 e. The van der Waals surface area contributed by atoms with Crippen molar-refractivity contribution < 1.29 is 14.4 Å². The van der Waals surface area contributed by atoms with Gasteiger partial charge in [-0.2, -0.15) is 0 Å². The van der Waals surface area contributed by atoms with E-state index in [-0.39, 0.29) is 11.1 Å². The van der Waals surface area contributed by atoms with E-state index in [1.807, 2.05) is 0 Å². The summed E-state index contributed by atoms with van der Waals surface area (Å²) in [5, 5.41) is 12.2. The Morgan fingerprint density at radius 2 is 2.43 bits per heavy atom. The van der Waals surface area contributed by atoms with Crippen molar-refractivity contribution in [3.63, 3.8) is 0 Å². The number of carboxylic acid groups (broad SMARTS) is 1. The second kappa shape index (κ2) is 3.12. The molecule has 1 aliphatic rings. The number of hydrogen-bond donors (Lipinski definition) is 1. The highest BCUT2D eigenvalue weighted by molar-refractivity contribution is 5.85. The second-order valence-corrected chi connectivity index (χ2v) is 3.87. The highest BCUT2D eigenvalue weighted by atomic mass is 16.5. The van der Waals surface area contributed by atoms with Gasteiger partial charge in [0.15, 0.2) is 5.69 Å². The van der Waals surface area contributed by atoms with E-state index in [1.54, 1.807) is 6.07 Å². The summed E-state index contributed by atoms with van der Waals surface area (Å²) in [6.07, 6.45) is 4.34. The van der Waals surface area contributed by atoms with Gasteiger partial charge in [0.1, 0.15) is 5.76 Å². The van der Waals surface area contributed by atoms with Crippen LogP contribution < -0.4 is 0 Å². The molecule has 14 heavy (non-hydrogen) atoms. The smallest absolute Gasteiger partial charge is 0.358 e. The molecule has 1 aromatic rings. The first kappa shape index (κ1) is 9.24. The lowest BCUT2D eigenvalue weighted by Crippen LogP contribution is -2.32. The summed E-state index contributed by atoms with van der Waals surface area (Å²) >= 11 is 0. The lowest BCUT2D eigenvalue weighted by molar-refractivity contribution is 0.0685. The van der Waals surface area contributed by atoms with Crippen molar-refractivity contribution in [2.45, 2.75) is 38.0 Å². The lowest BCUT2D eigenvalue weighted by Gasteiger charge is -2.38. The molecule has 0 saturated heterocycles. The van der Waals surface area contributed by atoms with Gasteiger partial charge in [-0.25, -0.2) is 4.79 Å². The quantitative estimate of drug-likeness (QED) is 0.803. The maximum absolute atomic E-state index is 10.6. The van der Waals surface area contributed by atoms with Crippen molar-refractivity contribution in [1.29, 1.82) is 0 Å². The van der Waals surface area contributed by atoms with E-state index >= 15 is 0 Å². The van der Waals surface area contributed by atoms with Crippen molar-refractivity contribution in [2.75, 3.05) is 0 Å². The second-order valence-electron chi connectivity index (χ2n) is 3.87. The van der Waals surface area contributed by atoms with Gasteiger partial charge < -0.3 is 9.63 Å². The normalized spacial score (nSPS) is 18.9. The fourth-order valence-electron chi connectivity index (χ4n) is 2.00. The Balaban J connectivity index is 2.27. The van der Waals surface area contributed by atoms with Gasteiger partial charge in [-0.15, -0.1) is 0 Å². The molecular formula is C10H13NO3. The highest BCUT2D eigenvalue weighted by Gasteiger charge is 2.40. The van der Waals surface area contributed by atoms with E-state index < -0.39 is 5.97 Å². The molecule has 0 unspecified atom stereocenters. The molecule has 1 aromatic heterocycles. The molecule has 1 heterocycles. The van der Waals surface area contributed by atoms with Crippen LogP contribution in [0.2, 0.25) is 0 Å². The molecule has 1 fully saturated rings. The first-order valence-corrected chi connectivity index (χ1v) is 4.88. The van der Waals surface area contributed by atoms with Crippen LogP contribution in [0.1, 0.15) is 48.9 Å². The number of hydrogen-bond acceptors (Lipinski definition) is 3. The van der Waals surface area contributed by atoms with Crippen LogP contribution in [0.25, 0.3) is 0 Å². The summed E-state index contributed by atoms with van der Waals surface area (Å²) in [5.41, 5.74) is 0.0838. The minimum atomic E-state index is -1.02. The lowest BCUT2D eigenvalue weighted by atomic mass is 9.65. The molecule has 0 aromatic carbocycles. The third-order valence-corrected chi connectivity index (χ3v) is 3.24. The molecule has 4 heteroatoms. The van der Waals surface area contributed by atoms with Gasteiger partial charge in [-0.05, 0) is 19.3 Å². The molecule has 4 nitrogen and oxygen atoms in total. The summed E-state index contributed by atoms with van der Waals surface area (Å²) in [4.78, 5) is 10.6. The molecule has 0 atom stereocenters. The first-order valence-electron chi connectivity index (χ1n) is 4.88. The van der Waals surface area contributed by atoms with Crippen molar-refractivity contribution in [1.82, 2.24) is 5.16 Å². The molecule has 0 aliphatic heterocycles. The molecule has 1 saturated carbocycles. The molecule has 76 valence electrons. The fourth-order valence-corrected chi connectivity index (χ4v) is 2.00. The fraction of sp³-hybridized carbons (Fsp3) is 0.600. The zero-order valence-corrected chi connectivity index (χ0v) is 8.12. The van der Waals surface area contributed by atoms with Crippen molar-refractivity contribution >= 4 is 5.97 Å². The Hall–Kier alpha value is -1.32. The molecule has 1 aliphatic carbocycles. The zero-order chi connectivity index (χ0) is 10.2. The Morgan fingerprint density at radius 1 is 1.71 bits per heavy atom. The van der Waals surface area contributed by atoms with E-state index in [9.17, 15) is 4.79 Å². The number of carbonyl (C=O) groups is 1. The number of aromatic carboxylic acids is 1. The summed E-state index contributed by atoms with van der Waals surface area (Å²) in [7, 11) is 0. The standard InChI is InChI=1S/C10H13NO3/c1-2-10(4-3-5-10)8-6-7(9(12)13)11-14-8/h6H,2-5H2,1H3,(H,12,13). The third-order valence-electron chi connectivity index (χ3n) is 3.24. The van der Waals surface area contributed by atoms with Gasteiger partial charge in [-0.3, -0.25) is 0 Å². The van der Waals surface area contributed by atoms with Gasteiger partial charge in [0.2, 0.25) is 0 Å². The van der Waals surface area contributed by atoms with E-state index in [0.29, 0.717) is 0 Å². The van der Waals surface area contributed by atoms with Crippen molar-refractivity contribution in [2.24, 2.45) is 0 Å². The average Bonchev–Trinajstić information content (AvgIpc) is 2.52. The van der Waals surface area contributed by atoms with Crippen LogP contribution >= 0.6 is 0 Å². The van der Waals surface area contributed by atoms with Gasteiger partial charge in [-0.1, -0.05) is 18.5 Å². The van der Waals surface area contributed by atoms with Crippen LogP contribution in [0, 0.1) is 0 Å². The predicted molar refractivity (Wildman–Crippen MR) is 49.3 cm³/mol. The number of aromatic nitrogens is 1. The topological polar surface area (TPSA) is 63.3 Å². The highest BCUT2D eigenvalue weighted by Crippen LogP contribution is 2.46. The molecule has 0 bridgehead atoms. The number of rotatable bonds is 3. The summed E-state index contributed by atoms with van der Waals surface area (Å²) in [6.45, 7) is 2.10.